The second-order valence-corrected chi connectivity index (χ2v) is 5.63. The number of piperidine rings is 1. The van der Waals surface area contributed by atoms with Crippen LogP contribution in [0.1, 0.15) is 32.0 Å². The molecule has 1 aromatic heterocycles. The van der Waals surface area contributed by atoms with E-state index in [4.69, 9.17) is 4.74 Å². The summed E-state index contributed by atoms with van der Waals surface area (Å²) in [4.78, 5) is 11.4. The molecule has 1 atom stereocenters. The Bertz CT molecular complexity index is 424. The van der Waals surface area contributed by atoms with E-state index in [1.165, 1.54) is 12.8 Å². The number of aryl methyl sites for hydroxylation is 1. The number of hydrogen-bond donors (Lipinski definition) is 1. The van der Waals surface area contributed by atoms with E-state index in [2.05, 4.69) is 33.2 Å². The lowest BCUT2D eigenvalue weighted by Gasteiger charge is -2.32. The van der Waals surface area contributed by atoms with Gasteiger partial charge in [0.1, 0.15) is 17.5 Å². The highest BCUT2D eigenvalue weighted by atomic mass is 16.5. The fraction of sp³-hybridized carbons (Fsp3) is 0.733. The first-order chi connectivity index (χ1) is 9.69. The van der Waals surface area contributed by atoms with Crippen molar-refractivity contribution in [3.05, 3.63) is 11.9 Å². The third kappa shape index (κ3) is 4.34. The van der Waals surface area contributed by atoms with Gasteiger partial charge in [0.05, 0.1) is 0 Å². The smallest absolute Gasteiger partial charge is 0.134 e. The molecule has 1 fully saturated rings. The number of nitrogens with one attached hydrogen (secondary N) is 1. The highest BCUT2D eigenvalue weighted by molar-refractivity contribution is 5.49. The maximum absolute atomic E-state index is 5.05. The molecule has 1 aliphatic heterocycles. The second-order valence-electron chi connectivity index (χ2n) is 5.63. The number of rotatable bonds is 6. The Morgan fingerprint density at radius 3 is 3.05 bits per heavy atom. The maximum Gasteiger partial charge on any atom is 0.134 e. The minimum atomic E-state index is 0.747. The molecule has 5 nitrogen and oxygen atoms in total. The third-order valence-corrected chi connectivity index (χ3v) is 3.64. The van der Waals surface area contributed by atoms with E-state index in [-0.39, 0.29) is 0 Å². The van der Waals surface area contributed by atoms with Crippen molar-refractivity contribution in [1.29, 1.82) is 0 Å². The summed E-state index contributed by atoms with van der Waals surface area (Å²) >= 11 is 0. The van der Waals surface area contributed by atoms with E-state index < -0.39 is 0 Å². The SMILES string of the molecule is COCCCNc1cc(N2CCCC(C)C2)nc(C)n1. The van der Waals surface area contributed by atoms with Crippen LogP contribution in [0, 0.1) is 12.8 Å². The molecule has 20 heavy (non-hydrogen) atoms. The van der Waals surface area contributed by atoms with E-state index >= 15 is 0 Å². The van der Waals surface area contributed by atoms with Crippen LogP contribution in [-0.4, -0.2) is 43.3 Å². The van der Waals surface area contributed by atoms with Crippen molar-refractivity contribution in [2.24, 2.45) is 5.92 Å². The number of nitrogens with zero attached hydrogens (tertiary/aromatic N) is 3. The summed E-state index contributed by atoms with van der Waals surface area (Å²) in [5, 5.41) is 3.35. The molecule has 1 aliphatic rings. The summed E-state index contributed by atoms with van der Waals surface area (Å²) in [6.07, 6.45) is 3.55. The first-order valence-corrected chi connectivity index (χ1v) is 7.52. The van der Waals surface area contributed by atoms with Gasteiger partial charge in [0.25, 0.3) is 0 Å². The summed E-state index contributed by atoms with van der Waals surface area (Å²) in [6, 6.07) is 2.07. The maximum atomic E-state index is 5.05. The summed E-state index contributed by atoms with van der Waals surface area (Å²) in [5.74, 6) is 3.55. The van der Waals surface area contributed by atoms with Gasteiger partial charge in [0.2, 0.25) is 0 Å². The molecule has 0 spiro atoms. The minimum absolute atomic E-state index is 0.747. The zero-order valence-corrected chi connectivity index (χ0v) is 12.9. The number of methoxy groups -OCH3 is 1. The Morgan fingerprint density at radius 2 is 2.30 bits per heavy atom. The lowest BCUT2D eigenvalue weighted by Crippen LogP contribution is -2.35. The van der Waals surface area contributed by atoms with E-state index in [0.29, 0.717) is 0 Å². The summed E-state index contributed by atoms with van der Waals surface area (Å²) in [7, 11) is 1.73. The zero-order valence-electron chi connectivity index (χ0n) is 12.9. The molecule has 0 aromatic carbocycles. The molecule has 1 unspecified atom stereocenters. The van der Waals surface area contributed by atoms with Crippen molar-refractivity contribution in [3.8, 4) is 0 Å². The number of aromatic nitrogens is 2. The van der Waals surface area contributed by atoms with Gasteiger partial charge < -0.3 is 15.0 Å². The normalized spacial score (nSPS) is 19.1. The van der Waals surface area contributed by atoms with Crippen LogP contribution in [0.3, 0.4) is 0 Å². The first kappa shape index (κ1) is 15.0. The van der Waals surface area contributed by atoms with Crippen LogP contribution < -0.4 is 10.2 Å². The highest BCUT2D eigenvalue weighted by Crippen LogP contribution is 2.23. The van der Waals surface area contributed by atoms with Crippen LogP contribution in [0.5, 0.6) is 0 Å². The molecular weight excluding hydrogens is 252 g/mol. The second kappa shape index (κ2) is 7.43. The van der Waals surface area contributed by atoms with E-state index in [1.807, 2.05) is 6.92 Å². The van der Waals surface area contributed by atoms with E-state index in [0.717, 1.165) is 56.0 Å². The molecule has 0 saturated carbocycles. The van der Waals surface area contributed by atoms with Crippen LogP contribution in [0.25, 0.3) is 0 Å². The van der Waals surface area contributed by atoms with Gasteiger partial charge in [-0.15, -0.1) is 0 Å². The molecule has 2 heterocycles. The first-order valence-electron chi connectivity index (χ1n) is 7.52. The van der Waals surface area contributed by atoms with Crippen LogP contribution in [0.15, 0.2) is 6.07 Å². The van der Waals surface area contributed by atoms with Crippen molar-refractivity contribution < 1.29 is 4.74 Å². The van der Waals surface area contributed by atoms with Gasteiger partial charge in [-0.2, -0.15) is 0 Å². The lowest BCUT2D eigenvalue weighted by molar-refractivity contribution is 0.198. The van der Waals surface area contributed by atoms with Crippen LogP contribution in [0.2, 0.25) is 0 Å². The van der Waals surface area contributed by atoms with E-state index in [9.17, 15) is 0 Å². The van der Waals surface area contributed by atoms with Crippen molar-refractivity contribution >= 4 is 11.6 Å². The van der Waals surface area contributed by atoms with Gasteiger partial charge in [-0.25, -0.2) is 9.97 Å². The fourth-order valence-corrected chi connectivity index (χ4v) is 2.63. The third-order valence-electron chi connectivity index (χ3n) is 3.64. The molecule has 112 valence electrons. The molecule has 2 rings (SSSR count). The summed E-state index contributed by atoms with van der Waals surface area (Å²) < 4.78 is 5.05. The van der Waals surface area contributed by atoms with Gasteiger partial charge in [-0.3, -0.25) is 0 Å². The predicted octanol–water partition coefficient (Wildman–Crippen LogP) is 2.47. The molecule has 5 heteroatoms. The average Bonchev–Trinajstić information content (AvgIpc) is 2.43. The quantitative estimate of drug-likeness (QED) is 0.810. The van der Waals surface area contributed by atoms with Crippen LogP contribution in [0.4, 0.5) is 11.6 Å². The van der Waals surface area contributed by atoms with Gasteiger partial charge in [-0.1, -0.05) is 6.92 Å². The van der Waals surface area contributed by atoms with Crippen LogP contribution in [-0.2, 0) is 4.74 Å². The van der Waals surface area contributed by atoms with Crippen LogP contribution >= 0.6 is 0 Å². The fourth-order valence-electron chi connectivity index (χ4n) is 2.63. The summed E-state index contributed by atoms with van der Waals surface area (Å²) in [5.41, 5.74) is 0. The number of ether oxygens (including phenoxy) is 1. The Balaban J connectivity index is 2.00. The van der Waals surface area contributed by atoms with Gasteiger partial charge in [-0.05, 0) is 32.1 Å². The largest absolute Gasteiger partial charge is 0.385 e. The standard InChI is InChI=1S/C15H26N4O/c1-12-6-4-8-19(11-12)15-10-14(17-13(2)18-15)16-7-5-9-20-3/h10,12H,4-9,11H2,1-3H3,(H,16,17,18). The molecule has 0 amide bonds. The molecule has 0 aliphatic carbocycles. The van der Waals surface area contributed by atoms with Gasteiger partial charge >= 0.3 is 0 Å². The van der Waals surface area contributed by atoms with Gasteiger partial charge in [0.15, 0.2) is 0 Å². The molecule has 1 saturated heterocycles. The lowest BCUT2D eigenvalue weighted by atomic mass is 10.0. The van der Waals surface area contributed by atoms with Crippen molar-refractivity contribution in [1.82, 2.24) is 9.97 Å². The van der Waals surface area contributed by atoms with Crippen molar-refractivity contribution in [2.45, 2.75) is 33.1 Å². The Morgan fingerprint density at radius 1 is 1.45 bits per heavy atom. The topological polar surface area (TPSA) is 50.3 Å². The average molecular weight is 278 g/mol. The van der Waals surface area contributed by atoms with Crippen molar-refractivity contribution in [3.63, 3.8) is 0 Å². The van der Waals surface area contributed by atoms with E-state index in [1.54, 1.807) is 7.11 Å². The van der Waals surface area contributed by atoms with Crippen molar-refractivity contribution in [2.75, 3.05) is 43.6 Å². The zero-order chi connectivity index (χ0) is 14.4. The molecule has 1 N–H and O–H groups in total. The van der Waals surface area contributed by atoms with Gasteiger partial charge in [0, 0.05) is 39.4 Å². The summed E-state index contributed by atoms with van der Waals surface area (Å²) in [6.45, 7) is 8.11. The molecule has 0 bridgehead atoms. The monoisotopic (exact) mass is 278 g/mol. The minimum Gasteiger partial charge on any atom is -0.385 e. The predicted molar refractivity (Wildman–Crippen MR) is 82.4 cm³/mol. The number of anilines is 2. The molecule has 0 radical (unpaired) electrons. The molecule has 1 aromatic rings. The Labute approximate surface area is 121 Å². The Kier molecular flexibility index (Phi) is 5.59. The molecular formula is C15H26N4O. The Hall–Kier alpha value is -1.36. The number of hydrogen-bond acceptors (Lipinski definition) is 5. The highest BCUT2D eigenvalue weighted by Gasteiger charge is 2.18.